The number of amides is 1. The molecule has 1 amide bonds. The second-order valence-electron chi connectivity index (χ2n) is 6.40. The Morgan fingerprint density at radius 1 is 1.19 bits per heavy atom. The van der Waals surface area contributed by atoms with E-state index in [1.807, 2.05) is 24.3 Å². The van der Waals surface area contributed by atoms with E-state index < -0.39 is 5.97 Å². The Balaban J connectivity index is 2.06. The summed E-state index contributed by atoms with van der Waals surface area (Å²) in [7, 11) is 0. The predicted molar refractivity (Wildman–Crippen MR) is 101 cm³/mol. The molecule has 1 heterocycles. The zero-order chi connectivity index (χ0) is 19.3. The summed E-state index contributed by atoms with van der Waals surface area (Å²) >= 11 is 0. The molecular weight excluding hydrogens is 330 g/mol. The number of hydrogen-bond donors (Lipinski definition) is 1. The zero-order valence-electron chi connectivity index (χ0n) is 16.1. The number of carbonyl (C=O) groups excluding carboxylic acids is 2. The Bertz CT molecular complexity index is 778. The molecule has 1 atom stereocenters. The van der Waals surface area contributed by atoms with Crippen LogP contribution in [-0.4, -0.2) is 28.3 Å². The van der Waals surface area contributed by atoms with Crippen LogP contribution in [0.15, 0.2) is 24.3 Å². The maximum Gasteiger partial charge on any atom is 0.341 e. The lowest BCUT2D eigenvalue weighted by atomic mass is 9.99. The Morgan fingerprint density at radius 3 is 2.42 bits per heavy atom. The highest BCUT2D eigenvalue weighted by Gasteiger charge is 2.20. The Labute approximate surface area is 154 Å². The number of nitrogens with zero attached hydrogens (tertiary/aromatic N) is 2. The largest absolute Gasteiger partial charge is 0.462 e. The summed E-state index contributed by atoms with van der Waals surface area (Å²) in [5, 5.41) is 7.17. The van der Waals surface area contributed by atoms with Gasteiger partial charge in [0.15, 0.2) is 0 Å². The van der Waals surface area contributed by atoms with Crippen LogP contribution in [0.5, 0.6) is 0 Å². The van der Waals surface area contributed by atoms with E-state index in [4.69, 9.17) is 4.74 Å². The van der Waals surface area contributed by atoms with Gasteiger partial charge in [0, 0.05) is 5.69 Å². The second kappa shape index (κ2) is 8.65. The SMILES string of the molecule is CCOC(=O)c1c(C)nn(CC(=O)Nc2ccc([C@@H](C)CC)cc2)c1C. The monoisotopic (exact) mass is 357 g/mol. The minimum atomic E-state index is -0.408. The molecular formula is C20H27N3O3. The van der Waals surface area contributed by atoms with Crippen LogP contribution in [0.4, 0.5) is 5.69 Å². The van der Waals surface area contributed by atoms with E-state index in [2.05, 4.69) is 24.3 Å². The van der Waals surface area contributed by atoms with Gasteiger partial charge in [-0.05, 0) is 50.8 Å². The average Bonchev–Trinajstić information content (AvgIpc) is 2.88. The maximum absolute atomic E-state index is 12.3. The van der Waals surface area contributed by atoms with E-state index in [9.17, 15) is 9.59 Å². The molecule has 0 spiro atoms. The van der Waals surface area contributed by atoms with Gasteiger partial charge >= 0.3 is 5.97 Å². The molecule has 0 bridgehead atoms. The van der Waals surface area contributed by atoms with Crippen LogP contribution in [0.1, 0.15) is 60.4 Å². The van der Waals surface area contributed by atoms with Gasteiger partial charge in [0.25, 0.3) is 0 Å². The number of hydrogen-bond acceptors (Lipinski definition) is 4. The lowest BCUT2D eigenvalue weighted by Gasteiger charge is -2.11. The molecule has 0 aliphatic carbocycles. The first-order chi connectivity index (χ1) is 12.4. The van der Waals surface area contributed by atoms with Crippen molar-refractivity contribution in [2.24, 2.45) is 0 Å². The number of carbonyl (C=O) groups is 2. The number of rotatable bonds is 7. The molecule has 6 heteroatoms. The summed E-state index contributed by atoms with van der Waals surface area (Å²) in [4.78, 5) is 24.3. The van der Waals surface area contributed by atoms with Crippen LogP contribution in [0.2, 0.25) is 0 Å². The fourth-order valence-corrected chi connectivity index (χ4v) is 2.82. The predicted octanol–water partition coefficient (Wildman–Crippen LogP) is 3.83. The number of aryl methyl sites for hydroxylation is 1. The maximum atomic E-state index is 12.3. The summed E-state index contributed by atoms with van der Waals surface area (Å²) in [6.07, 6.45) is 1.08. The summed E-state index contributed by atoms with van der Waals surface area (Å²) < 4.78 is 6.58. The van der Waals surface area contributed by atoms with Crippen molar-refractivity contribution < 1.29 is 14.3 Å². The van der Waals surface area contributed by atoms with Gasteiger partial charge in [-0.3, -0.25) is 9.48 Å². The fourth-order valence-electron chi connectivity index (χ4n) is 2.82. The first kappa shape index (κ1) is 19.7. The number of ether oxygens (including phenoxy) is 1. The van der Waals surface area contributed by atoms with Crippen LogP contribution < -0.4 is 5.32 Å². The highest BCUT2D eigenvalue weighted by atomic mass is 16.5. The molecule has 140 valence electrons. The highest BCUT2D eigenvalue weighted by Crippen LogP contribution is 2.20. The first-order valence-corrected chi connectivity index (χ1v) is 8.98. The van der Waals surface area contributed by atoms with E-state index in [0.29, 0.717) is 29.5 Å². The molecule has 1 aromatic heterocycles. The summed E-state index contributed by atoms with van der Waals surface area (Å²) in [6, 6.07) is 7.88. The molecule has 0 radical (unpaired) electrons. The number of aromatic nitrogens is 2. The quantitative estimate of drug-likeness (QED) is 0.764. The topological polar surface area (TPSA) is 73.2 Å². The number of esters is 1. The van der Waals surface area contributed by atoms with Crippen molar-refractivity contribution in [3.05, 3.63) is 46.8 Å². The van der Waals surface area contributed by atoms with E-state index in [0.717, 1.165) is 12.1 Å². The van der Waals surface area contributed by atoms with Crippen molar-refractivity contribution in [1.29, 1.82) is 0 Å². The number of nitrogens with one attached hydrogen (secondary N) is 1. The van der Waals surface area contributed by atoms with Crippen molar-refractivity contribution in [1.82, 2.24) is 9.78 Å². The van der Waals surface area contributed by atoms with Crippen LogP contribution >= 0.6 is 0 Å². The minimum absolute atomic E-state index is 0.0409. The highest BCUT2D eigenvalue weighted by molar-refractivity contribution is 5.93. The van der Waals surface area contributed by atoms with Gasteiger partial charge in [-0.1, -0.05) is 26.0 Å². The van der Waals surface area contributed by atoms with Crippen LogP contribution in [-0.2, 0) is 16.1 Å². The molecule has 0 aliphatic rings. The molecule has 0 aliphatic heterocycles. The lowest BCUT2D eigenvalue weighted by Crippen LogP contribution is -2.20. The molecule has 0 saturated heterocycles. The Morgan fingerprint density at radius 2 is 1.85 bits per heavy atom. The molecule has 0 unspecified atom stereocenters. The van der Waals surface area contributed by atoms with Gasteiger partial charge in [-0.2, -0.15) is 5.10 Å². The third kappa shape index (κ3) is 4.50. The summed E-state index contributed by atoms with van der Waals surface area (Å²) in [5.74, 6) is -0.104. The zero-order valence-corrected chi connectivity index (χ0v) is 16.1. The van der Waals surface area contributed by atoms with E-state index in [-0.39, 0.29) is 12.5 Å². The molecule has 0 saturated carbocycles. The third-order valence-electron chi connectivity index (χ3n) is 4.53. The van der Waals surface area contributed by atoms with E-state index in [1.165, 1.54) is 10.2 Å². The molecule has 1 aromatic carbocycles. The van der Waals surface area contributed by atoms with E-state index in [1.54, 1.807) is 20.8 Å². The van der Waals surface area contributed by atoms with Crippen LogP contribution in [0.25, 0.3) is 0 Å². The average molecular weight is 357 g/mol. The molecule has 6 nitrogen and oxygen atoms in total. The van der Waals surface area contributed by atoms with Crippen LogP contribution in [0.3, 0.4) is 0 Å². The second-order valence-corrected chi connectivity index (χ2v) is 6.40. The summed E-state index contributed by atoms with van der Waals surface area (Å²) in [5.41, 5.74) is 3.62. The summed E-state index contributed by atoms with van der Waals surface area (Å²) in [6.45, 7) is 9.93. The van der Waals surface area contributed by atoms with Crippen LogP contribution in [0, 0.1) is 13.8 Å². The van der Waals surface area contributed by atoms with E-state index >= 15 is 0 Å². The van der Waals surface area contributed by atoms with Gasteiger partial charge < -0.3 is 10.1 Å². The smallest absolute Gasteiger partial charge is 0.341 e. The van der Waals surface area contributed by atoms with Gasteiger partial charge in [0.2, 0.25) is 5.91 Å². The Kier molecular flexibility index (Phi) is 6.55. The standard InChI is InChI=1S/C20H27N3O3/c1-6-13(3)16-8-10-17(11-9-16)21-18(24)12-23-15(5)19(14(4)22-23)20(25)26-7-2/h8-11,13H,6-7,12H2,1-5H3,(H,21,24)/t13-/m0/s1. The van der Waals surface area contributed by atoms with Gasteiger partial charge in [0.1, 0.15) is 12.1 Å². The van der Waals surface area contributed by atoms with Gasteiger partial charge in [-0.25, -0.2) is 4.79 Å². The molecule has 0 fully saturated rings. The number of anilines is 1. The third-order valence-corrected chi connectivity index (χ3v) is 4.53. The molecule has 1 N–H and O–H groups in total. The minimum Gasteiger partial charge on any atom is -0.462 e. The number of benzene rings is 1. The van der Waals surface area contributed by atoms with Crippen molar-refractivity contribution in [3.63, 3.8) is 0 Å². The lowest BCUT2D eigenvalue weighted by molar-refractivity contribution is -0.116. The van der Waals surface area contributed by atoms with Gasteiger partial charge in [-0.15, -0.1) is 0 Å². The fraction of sp³-hybridized carbons (Fsp3) is 0.450. The van der Waals surface area contributed by atoms with Crippen molar-refractivity contribution in [3.8, 4) is 0 Å². The first-order valence-electron chi connectivity index (χ1n) is 8.98. The molecule has 2 aromatic rings. The molecule has 2 rings (SSSR count). The normalized spacial score (nSPS) is 11.9. The van der Waals surface area contributed by atoms with Crippen molar-refractivity contribution in [2.75, 3.05) is 11.9 Å². The van der Waals surface area contributed by atoms with Gasteiger partial charge in [0.05, 0.1) is 18.0 Å². The molecule has 26 heavy (non-hydrogen) atoms. The van der Waals surface area contributed by atoms with Crippen molar-refractivity contribution in [2.45, 2.75) is 53.5 Å². The van der Waals surface area contributed by atoms with Crippen molar-refractivity contribution >= 4 is 17.6 Å². The Hall–Kier alpha value is -2.63.